The van der Waals surface area contributed by atoms with Crippen LogP contribution in [-0.4, -0.2) is 24.5 Å². The summed E-state index contributed by atoms with van der Waals surface area (Å²) in [5.74, 6) is 0.0899. The number of carbonyl (C=O) groups excluding carboxylic acids is 1. The fourth-order valence-electron chi connectivity index (χ4n) is 0.687. The number of nitrogens with zero attached hydrogens (tertiary/aromatic N) is 1. The highest BCUT2D eigenvalue weighted by molar-refractivity contribution is 8.16. The summed E-state index contributed by atoms with van der Waals surface area (Å²) in [4.78, 5) is 15.3. The number of nitrogens with one attached hydrogen (secondary N) is 1. The van der Waals surface area contributed by atoms with E-state index in [4.69, 9.17) is 0 Å². The minimum atomic E-state index is 0.0276. The molecule has 1 N–H and O–H groups in total. The topological polar surface area (TPSA) is 41.5 Å². The number of thioether (sulfide) groups is 1. The molecule has 0 heterocycles. The van der Waals surface area contributed by atoms with Gasteiger partial charge in [-0.15, -0.1) is 0 Å². The lowest BCUT2D eigenvalue weighted by Crippen LogP contribution is -2.31. The van der Waals surface area contributed by atoms with Crippen molar-refractivity contribution in [3.05, 3.63) is 11.5 Å². The van der Waals surface area contributed by atoms with E-state index in [2.05, 4.69) is 10.3 Å². The molecule has 3 nitrogen and oxygen atoms in total. The van der Waals surface area contributed by atoms with Crippen LogP contribution in [0.15, 0.2) is 16.5 Å². The van der Waals surface area contributed by atoms with Crippen molar-refractivity contribution >= 4 is 22.7 Å². The van der Waals surface area contributed by atoms with Gasteiger partial charge in [-0.2, -0.15) is 0 Å². The lowest BCUT2D eigenvalue weighted by Gasteiger charge is -2.07. The first kappa shape index (κ1) is 13.2. The van der Waals surface area contributed by atoms with Gasteiger partial charge in [-0.05, 0) is 12.3 Å². The minimum Gasteiger partial charge on any atom is -0.350 e. The SMILES string of the molecule is C/C=C\S/C(CNC(=O)C(C)C)=N\C. The Kier molecular flexibility index (Phi) is 7.20. The van der Waals surface area contributed by atoms with Crippen molar-refractivity contribution in [1.82, 2.24) is 5.32 Å². The van der Waals surface area contributed by atoms with E-state index in [0.717, 1.165) is 5.04 Å². The number of carbonyl (C=O) groups is 1. The molecule has 0 atom stereocenters. The van der Waals surface area contributed by atoms with Crippen LogP contribution in [0.1, 0.15) is 20.8 Å². The Morgan fingerprint density at radius 3 is 2.64 bits per heavy atom. The van der Waals surface area contributed by atoms with E-state index in [9.17, 15) is 4.79 Å². The van der Waals surface area contributed by atoms with Gasteiger partial charge in [-0.25, -0.2) is 0 Å². The molecule has 0 aliphatic carbocycles. The van der Waals surface area contributed by atoms with Gasteiger partial charge in [-0.1, -0.05) is 31.7 Å². The first-order valence-electron chi connectivity index (χ1n) is 4.63. The summed E-state index contributed by atoms with van der Waals surface area (Å²) in [6.45, 7) is 6.21. The van der Waals surface area contributed by atoms with E-state index in [1.807, 2.05) is 32.3 Å². The molecule has 0 aliphatic heterocycles. The quantitative estimate of drug-likeness (QED) is 0.575. The molecule has 0 aliphatic rings. The summed E-state index contributed by atoms with van der Waals surface area (Å²) < 4.78 is 0. The number of hydrogen-bond donors (Lipinski definition) is 1. The fraction of sp³-hybridized carbons (Fsp3) is 0.600. The summed E-state index contributed by atoms with van der Waals surface area (Å²) >= 11 is 1.53. The van der Waals surface area contributed by atoms with Gasteiger partial charge in [0.05, 0.1) is 11.6 Å². The Bertz CT molecular complexity index is 234. The van der Waals surface area contributed by atoms with Gasteiger partial charge in [0.2, 0.25) is 5.91 Å². The highest BCUT2D eigenvalue weighted by Gasteiger charge is 2.06. The molecule has 0 aromatic heterocycles. The lowest BCUT2D eigenvalue weighted by molar-refractivity contribution is -0.123. The maximum atomic E-state index is 11.2. The van der Waals surface area contributed by atoms with E-state index in [1.54, 1.807) is 7.05 Å². The normalized spacial score (nSPS) is 12.5. The number of hydrogen-bond acceptors (Lipinski definition) is 3. The van der Waals surface area contributed by atoms with Crippen LogP contribution >= 0.6 is 11.8 Å². The molecule has 0 saturated carbocycles. The Hall–Kier alpha value is -0.770. The number of rotatable bonds is 4. The number of amides is 1. The zero-order chi connectivity index (χ0) is 11.0. The van der Waals surface area contributed by atoms with Crippen molar-refractivity contribution in [1.29, 1.82) is 0 Å². The largest absolute Gasteiger partial charge is 0.350 e. The van der Waals surface area contributed by atoms with Gasteiger partial charge in [-0.3, -0.25) is 9.79 Å². The molecule has 14 heavy (non-hydrogen) atoms. The maximum Gasteiger partial charge on any atom is 0.222 e. The molecule has 1 amide bonds. The highest BCUT2D eigenvalue weighted by Crippen LogP contribution is 2.04. The molecule has 0 unspecified atom stereocenters. The van der Waals surface area contributed by atoms with Gasteiger partial charge in [0, 0.05) is 13.0 Å². The Balaban J connectivity index is 3.91. The number of allylic oxidation sites excluding steroid dienone is 1. The van der Waals surface area contributed by atoms with Crippen molar-refractivity contribution < 1.29 is 4.79 Å². The predicted molar refractivity (Wildman–Crippen MR) is 63.6 cm³/mol. The third-order valence-corrected chi connectivity index (χ3v) is 2.54. The van der Waals surface area contributed by atoms with E-state index in [-0.39, 0.29) is 11.8 Å². The summed E-state index contributed by atoms with van der Waals surface area (Å²) in [6.07, 6.45) is 1.94. The van der Waals surface area contributed by atoms with E-state index >= 15 is 0 Å². The highest BCUT2D eigenvalue weighted by atomic mass is 32.2. The van der Waals surface area contributed by atoms with E-state index in [1.165, 1.54) is 11.8 Å². The molecule has 80 valence electrons. The van der Waals surface area contributed by atoms with Crippen molar-refractivity contribution in [2.24, 2.45) is 10.9 Å². The Morgan fingerprint density at radius 1 is 1.57 bits per heavy atom. The number of aliphatic imine (C=N–C) groups is 1. The Labute approximate surface area is 90.1 Å². The molecule has 0 rings (SSSR count). The van der Waals surface area contributed by atoms with Crippen molar-refractivity contribution in [3.63, 3.8) is 0 Å². The van der Waals surface area contributed by atoms with E-state index in [0.29, 0.717) is 6.54 Å². The van der Waals surface area contributed by atoms with Gasteiger partial charge in [0.1, 0.15) is 0 Å². The predicted octanol–water partition coefficient (Wildman–Crippen LogP) is 2.05. The second-order valence-electron chi connectivity index (χ2n) is 3.08. The second-order valence-corrected chi connectivity index (χ2v) is 4.06. The Morgan fingerprint density at radius 2 is 2.21 bits per heavy atom. The first-order chi connectivity index (χ1) is 6.61. The van der Waals surface area contributed by atoms with Crippen LogP contribution in [0.3, 0.4) is 0 Å². The first-order valence-corrected chi connectivity index (χ1v) is 5.51. The smallest absolute Gasteiger partial charge is 0.222 e. The molecular formula is C10H18N2OS. The van der Waals surface area contributed by atoms with Crippen molar-refractivity contribution in [2.45, 2.75) is 20.8 Å². The molecule has 0 aromatic rings. The molecular weight excluding hydrogens is 196 g/mol. The maximum absolute atomic E-state index is 11.2. The summed E-state index contributed by atoms with van der Waals surface area (Å²) in [7, 11) is 1.73. The molecule has 0 aromatic carbocycles. The zero-order valence-electron chi connectivity index (χ0n) is 9.20. The summed E-state index contributed by atoms with van der Waals surface area (Å²) in [5.41, 5.74) is 0. The average Bonchev–Trinajstić information content (AvgIpc) is 2.17. The van der Waals surface area contributed by atoms with Crippen LogP contribution in [0.2, 0.25) is 0 Å². The van der Waals surface area contributed by atoms with E-state index < -0.39 is 0 Å². The molecule has 0 fully saturated rings. The van der Waals surface area contributed by atoms with Gasteiger partial charge in [0.25, 0.3) is 0 Å². The minimum absolute atomic E-state index is 0.0276. The van der Waals surface area contributed by atoms with Crippen LogP contribution in [0, 0.1) is 5.92 Å². The molecule has 0 bridgehead atoms. The zero-order valence-corrected chi connectivity index (χ0v) is 10.0. The van der Waals surface area contributed by atoms with Crippen LogP contribution < -0.4 is 5.32 Å². The summed E-state index contributed by atoms with van der Waals surface area (Å²) in [5, 5.41) is 5.68. The van der Waals surface area contributed by atoms with Crippen LogP contribution in [0.4, 0.5) is 0 Å². The average molecular weight is 214 g/mol. The standard InChI is InChI=1S/C10H18N2OS/c1-5-6-14-9(11-4)7-12-10(13)8(2)3/h5-6,8H,7H2,1-4H3,(H,12,13)/b6-5-,11-9-. The summed E-state index contributed by atoms with van der Waals surface area (Å²) in [6, 6.07) is 0. The third-order valence-electron chi connectivity index (χ3n) is 1.53. The molecule has 4 heteroatoms. The fourth-order valence-corrected chi connectivity index (χ4v) is 1.24. The van der Waals surface area contributed by atoms with Crippen molar-refractivity contribution in [3.8, 4) is 0 Å². The monoisotopic (exact) mass is 214 g/mol. The van der Waals surface area contributed by atoms with Crippen LogP contribution in [0.25, 0.3) is 0 Å². The van der Waals surface area contributed by atoms with Gasteiger partial charge < -0.3 is 5.32 Å². The molecule has 0 radical (unpaired) electrons. The molecule has 0 spiro atoms. The van der Waals surface area contributed by atoms with Crippen molar-refractivity contribution in [2.75, 3.05) is 13.6 Å². The van der Waals surface area contributed by atoms with Gasteiger partial charge in [0.15, 0.2) is 0 Å². The second kappa shape index (κ2) is 7.62. The van der Waals surface area contributed by atoms with Gasteiger partial charge >= 0.3 is 0 Å². The van der Waals surface area contributed by atoms with Crippen LogP contribution in [0.5, 0.6) is 0 Å². The third kappa shape index (κ3) is 5.80. The molecule has 0 saturated heterocycles. The lowest BCUT2D eigenvalue weighted by atomic mass is 10.2. The van der Waals surface area contributed by atoms with Crippen LogP contribution in [-0.2, 0) is 4.79 Å².